The van der Waals surface area contributed by atoms with Gasteiger partial charge in [0.05, 0.1) is 0 Å². The highest BCUT2D eigenvalue weighted by atomic mass is 79.9. The summed E-state index contributed by atoms with van der Waals surface area (Å²) >= 11 is 10.7. The minimum Gasteiger partial charge on any atom is -0.0916 e. The molecular weight excluding hydrogens is 336 g/mol. The topological polar surface area (TPSA) is 0 Å². The lowest BCUT2D eigenvalue weighted by Crippen LogP contribution is -2.14. The fraction of sp³-hybridized carbons (Fsp3) is 1.00. The molecule has 0 aromatic carbocycles. The van der Waals surface area contributed by atoms with Crippen molar-refractivity contribution >= 4 is 47.8 Å². The summed E-state index contributed by atoms with van der Waals surface area (Å²) in [5.41, 5.74) is 0. The van der Waals surface area contributed by atoms with Crippen LogP contribution in [0.15, 0.2) is 0 Å². The summed E-state index contributed by atoms with van der Waals surface area (Å²) < 4.78 is 0. The van der Waals surface area contributed by atoms with E-state index in [9.17, 15) is 0 Å². The van der Waals surface area contributed by atoms with Gasteiger partial charge in [-0.2, -0.15) is 0 Å². The zero-order valence-corrected chi connectivity index (χ0v) is 11.6. The van der Waals surface area contributed by atoms with Crippen LogP contribution in [-0.2, 0) is 0 Å². The van der Waals surface area contributed by atoms with E-state index in [4.69, 9.17) is 0 Å². The van der Waals surface area contributed by atoms with Crippen molar-refractivity contribution in [2.45, 2.75) is 42.3 Å². The van der Waals surface area contributed by atoms with Crippen molar-refractivity contribution < 1.29 is 0 Å². The second-order valence-corrected chi connectivity index (χ2v) is 5.68. The molecule has 0 aromatic heterocycles. The Morgan fingerprint density at radius 1 is 1.09 bits per heavy atom. The summed E-state index contributed by atoms with van der Waals surface area (Å²) in [5.74, 6) is 0. The SMILES string of the molecule is CCCCCC(Br)C(Br)CBr. The zero-order chi connectivity index (χ0) is 8.69. The summed E-state index contributed by atoms with van der Waals surface area (Å²) in [5, 5.41) is 1.02. The van der Waals surface area contributed by atoms with Crippen molar-refractivity contribution in [3.63, 3.8) is 0 Å². The van der Waals surface area contributed by atoms with Gasteiger partial charge in [-0.05, 0) is 6.42 Å². The van der Waals surface area contributed by atoms with Crippen molar-refractivity contribution in [1.82, 2.24) is 0 Å². The third-order valence-corrected chi connectivity index (χ3v) is 5.96. The van der Waals surface area contributed by atoms with Crippen LogP contribution in [-0.4, -0.2) is 15.0 Å². The summed E-state index contributed by atoms with van der Waals surface area (Å²) in [6, 6.07) is 0. The molecule has 0 amide bonds. The van der Waals surface area contributed by atoms with Crippen LogP contribution >= 0.6 is 47.8 Å². The molecule has 0 aliphatic carbocycles. The molecule has 0 aliphatic rings. The number of rotatable bonds is 6. The molecule has 2 unspecified atom stereocenters. The van der Waals surface area contributed by atoms with Gasteiger partial charge >= 0.3 is 0 Å². The van der Waals surface area contributed by atoms with Crippen molar-refractivity contribution in [2.75, 3.05) is 5.33 Å². The summed E-state index contributed by atoms with van der Waals surface area (Å²) in [6.45, 7) is 2.24. The fourth-order valence-electron chi connectivity index (χ4n) is 0.867. The van der Waals surface area contributed by atoms with E-state index in [0.29, 0.717) is 9.65 Å². The Morgan fingerprint density at radius 2 is 1.73 bits per heavy atom. The molecule has 3 heteroatoms. The van der Waals surface area contributed by atoms with E-state index < -0.39 is 0 Å². The van der Waals surface area contributed by atoms with E-state index >= 15 is 0 Å². The number of halogens is 3. The third-order valence-electron chi connectivity index (χ3n) is 1.62. The molecule has 0 spiro atoms. The molecule has 0 fully saturated rings. The zero-order valence-electron chi connectivity index (χ0n) is 6.82. The van der Waals surface area contributed by atoms with Gasteiger partial charge in [-0.25, -0.2) is 0 Å². The second-order valence-electron chi connectivity index (χ2n) is 2.68. The Labute approximate surface area is 94.9 Å². The van der Waals surface area contributed by atoms with Gasteiger partial charge in [0.25, 0.3) is 0 Å². The molecule has 0 saturated heterocycles. The van der Waals surface area contributed by atoms with Crippen LogP contribution < -0.4 is 0 Å². The molecule has 0 heterocycles. The van der Waals surface area contributed by atoms with E-state index in [1.807, 2.05) is 0 Å². The maximum atomic E-state index is 3.66. The predicted octanol–water partition coefficient (Wildman–Crippen LogP) is 4.49. The molecule has 0 N–H and O–H groups in total. The highest BCUT2D eigenvalue weighted by molar-refractivity contribution is 9.13. The van der Waals surface area contributed by atoms with E-state index in [1.165, 1.54) is 25.7 Å². The highest BCUT2D eigenvalue weighted by Gasteiger charge is 2.12. The van der Waals surface area contributed by atoms with Gasteiger partial charge in [-0.1, -0.05) is 74.0 Å². The Hall–Kier alpha value is 1.44. The van der Waals surface area contributed by atoms with E-state index in [1.54, 1.807) is 0 Å². The minimum absolute atomic E-state index is 0.569. The van der Waals surface area contributed by atoms with Gasteiger partial charge in [0.15, 0.2) is 0 Å². The van der Waals surface area contributed by atoms with Gasteiger partial charge in [-0.15, -0.1) is 0 Å². The number of alkyl halides is 3. The van der Waals surface area contributed by atoms with Crippen LogP contribution in [0.2, 0.25) is 0 Å². The van der Waals surface area contributed by atoms with Crippen molar-refractivity contribution in [2.24, 2.45) is 0 Å². The van der Waals surface area contributed by atoms with Gasteiger partial charge in [-0.3, -0.25) is 0 Å². The first-order chi connectivity index (χ1) is 5.22. The lowest BCUT2D eigenvalue weighted by atomic mass is 10.1. The quantitative estimate of drug-likeness (QED) is 0.489. The maximum Gasteiger partial charge on any atom is 0.0367 e. The van der Waals surface area contributed by atoms with Gasteiger partial charge in [0.2, 0.25) is 0 Å². The van der Waals surface area contributed by atoms with Crippen LogP contribution in [0.4, 0.5) is 0 Å². The maximum absolute atomic E-state index is 3.66. The Morgan fingerprint density at radius 3 is 2.18 bits per heavy atom. The molecule has 0 radical (unpaired) electrons. The van der Waals surface area contributed by atoms with Crippen molar-refractivity contribution in [3.8, 4) is 0 Å². The fourth-order valence-corrected chi connectivity index (χ4v) is 2.59. The molecule has 0 aliphatic heterocycles. The molecule has 0 saturated carbocycles. The summed E-state index contributed by atoms with van der Waals surface area (Å²) in [6.07, 6.45) is 5.27. The highest BCUT2D eigenvalue weighted by Crippen LogP contribution is 2.21. The number of unbranched alkanes of at least 4 members (excludes halogenated alkanes) is 2. The normalized spacial score (nSPS) is 16.4. The van der Waals surface area contributed by atoms with Crippen molar-refractivity contribution in [3.05, 3.63) is 0 Å². The largest absolute Gasteiger partial charge is 0.0916 e. The van der Waals surface area contributed by atoms with Crippen LogP contribution in [0.5, 0.6) is 0 Å². The van der Waals surface area contributed by atoms with E-state index in [2.05, 4.69) is 54.7 Å². The Bertz CT molecular complexity index is 85.4. The lowest BCUT2D eigenvalue weighted by molar-refractivity contribution is 0.651. The predicted molar refractivity (Wildman–Crippen MR) is 63.4 cm³/mol. The van der Waals surface area contributed by atoms with Gasteiger partial charge in [0, 0.05) is 15.0 Å². The molecule has 11 heavy (non-hydrogen) atoms. The Balaban J connectivity index is 3.28. The van der Waals surface area contributed by atoms with Crippen LogP contribution in [0.25, 0.3) is 0 Å². The number of hydrogen-bond acceptors (Lipinski definition) is 0. The van der Waals surface area contributed by atoms with Crippen molar-refractivity contribution in [1.29, 1.82) is 0 Å². The minimum atomic E-state index is 0.569. The molecule has 68 valence electrons. The van der Waals surface area contributed by atoms with Gasteiger partial charge in [0.1, 0.15) is 0 Å². The molecule has 0 aromatic rings. The van der Waals surface area contributed by atoms with Gasteiger partial charge < -0.3 is 0 Å². The summed E-state index contributed by atoms with van der Waals surface area (Å²) in [7, 11) is 0. The molecule has 0 nitrogen and oxygen atoms in total. The number of hydrogen-bond donors (Lipinski definition) is 0. The monoisotopic (exact) mass is 348 g/mol. The Kier molecular flexibility index (Phi) is 9.11. The average Bonchev–Trinajstić information content (AvgIpc) is 2.03. The standard InChI is InChI=1S/C8H15Br3/c1-2-3-4-5-7(10)8(11)6-9/h7-8H,2-6H2,1H3. The lowest BCUT2D eigenvalue weighted by Gasteiger charge is -2.13. The third kappa shape index (κ3) is 6.59. The first kappa shape index (κ1) is 12.4. The molecular formula is C8H15Br3. The average molecular weight is 351 g/mol. The first-order valence-corrected chi connectivity index (χ1v) is 7.01. The molecule has 0 bridgehead atoms. The second kappa shape index (κ2) is 8.06. The van der Waals surface area contributed by atoms with E-state index in [0.717, 1.165) is 5.33 Å². The molecule has 0 rings (SSSR count). The van der Waals surface area contributed by atoms with Crippen LogP contribution in [0.3, 0.4) is 0 Å². The van der Waals surface area contributed by atoms with Crippen LogP contribution in [0.1, 0.15) is 32.6 Å². The van der Waals surface area contributed by atoms with Crippen LogP contribution in [0, 0.1) is 0 Å². The smallest absolute Gasteiger partial charge is 0.0367 e. The summed E-state index contributed by atoms with van der Waals surface area (Å²) in [4.78, 5) is 1.19. The first-order valence-electron chi connectivity index (χ1n) is 4.06. The van der Waals surface area contributed by atoms with E-state index in [-0.39, 0.29) is 0 Å². The molecule has 2 atom stereocenters.